The molecular formula is C29H24FNO4. The molecule has 2 heterocycles. The first-order chi connectivity index (χ1) is 17.1. The summed E-state index contributed by atoms with van der Waals surface area (Å²) < 4.78 is 25.8. The first-order valence-corrected chi connectivity index (χ1v) is 11.8. The predicted molar refractivity (Wildman–Crippen MR) is 130 cm³/mol. The van der Waals surface area contributed by atoms with Crippen LogP contribution >= 0.6 is 0 Å². The van der Waals surface area contributed by atoms with E-state index in [-0.39, 0.29) is 36.3 Å². The number of hydrogen-bond acceptors (Lipinski definition) is 4. The van der Waals surface area contributed by atoms with E-state index in [9.17, 15) is 14.0 Å². The molecule has 35 heavy (non-hydrogen) atoms. The van der Waals surface area contributed by atoms with Gasteiger partial charge in [0, 0.05) is 5.92 Å². The molecule has 1 fully saturated rings. The number of benzene rings is 3. The molecule has 2 aliphatic heterocycles. The van der Waals surface area contributed by atoms with Gasteiger partial charge in [-0.15, -0.1) is 0 Å². The molecule has 176 valence electrons. The standard InChI is InChI=1S/C29H24FNO4/c30-28-13-18(9-10-19(28)14-32)20-11-21-15-34-16-22(12-20)31(21)29(33)35-17-27-25-7-3-1-5-23(25)24-6-2-4-8-26(24)27/h1-11,13-14,21-22,27H,12,15-17H2. The van der Waals surface area contributed by atoms with Crippen LogP contribution in [0.1, 0.15) is 39.4 Å². The molecule has 6 rings (SSSR count). The molecule has 2 atom stereocenters. The fourth-order valence-corrected chi connectivity index (χ4v) is 5.59. The van der Waals surface area contributed by atoms with Crippen molar-refractivity contribution in [1.29, 1.82) is 0 Å². The zero-order valence-electron chi connectivity index (χ0n) is 19.0. The Labute approximate surface area is 202 Å². The summed E-state index contributed by atoms with van der Waals surface area (Å²) >= 11 is 0. The number of ether oxygens (including phenoxy) is 2. The molecule has 0 spiro atoms. The summed E-state index contributed by atoms with van der Waals surface area (Å²) in [4.78, 5) is 26.0. The fraction of sp³-hybridized carbons (Fsp3) is 0.241. The van der Waals surface area contributed by atoms with Gasteiger partial charge in [-0.2, -0.15) is 0 Å². The van der Waals surface area contributed by atoms with Gasteiger partial charge in [-0.1, -0.05) is 60.7 Å². The van der Waals surface area contributed by atoms with Gasteiger partial charge < -0.3 is 9.47 Å². The van der Waals surface area contributed by atoms with Crippen molar-refractivity contribution < 1.29 is 23.5 Å². The van der Waals surface area contributed by atoms with Gasteiger partial charge in [-0.25, -0.2) is 9.18 Å². The maximum atomic E-state index is 14.2. The third-order valence-electron chi connectivity index (χ3n) is 7.24. The van der Waals surface area contributed by atoms with Crippen LogP contribution in [0.25, 0.3) is 16.7 Å². The number of carbonyl (C=O) groups excluding carboxylic acids is 2. The van der Waals surface area contributed by atoms with Gasteiger partial charge in [0.1, 0.15) is 12.4 Å². The summed E-state index contributed by atoms with van der Waals surface area (Å²) in [6.07, 6.45) is 2.63. The summed E-state index contributed by atoms with van der Waals surface area (Å²) in [6.45, 7) is 1.02. The Morgan fingerprint density at radius 1 is 1.03 bits per heavy atom. The minimum absolute atomic E-state index is 0.00218. The first kappa shape index (κ1) is 21.7. The quantitative estimate of drug-likeness (QED) is 0.477. The number of aldehydes is 1. The molecule has 3 aromatic rings. The fourth-order valence-electron chi connectivity index (χ4n) is 5.59. The lowest BCUT2D eigenvalue weighted by atomic mass is 9.89. The zero-order valence-corrected chi connectivity index (χ0v) is 19.0. The number of nitrogens with zero attached hydrogens (tertiary/aromatic N) is 1. The van der Waals surface area contributed by atoms with Crippen LogP contribution in [0.5, 0.6) is 0 Å². The summed E-state index contributed by atoms with van der Waals surface area (Å²) in [6, 6.07) is 20.6. The van der Waals surface area contributed by atoms with E-state index in [1.807, 2.05) is 30.3 Å². The highest BCUT2D eigenvalue weighted by molar-refractivity contribution is 5.80. The van der Waals surface area contributed by atoms with Crippen LogP contribution in [-0.2, 0) is 9.47 Å². The minimum atomic E-state index is -0.543. The van der Waals surface area contributed by atoms with Crippen LogP contribution in [-0.4, -0.2) is 49.2 Å². The Bertz CT molecular complexity index is 1300. The van der Waals surface area contributed by atoms with Crippen molar-refractivity contribution in [2.75, 3.05) is 19.8 Å². The molecular weight excluding hydrogens is 445 g/mol. The Morgan fingerprint density at radius 3 is 2.40 bits per heavy atom. The van der Waals surface area contributed by atoms with E-state index in [4.69, 9.17) is 9.47 Å². The van der Waals surface area contributed by atoms with Crippen LogP contribution in [0.2, 0.25) is 0 Å². The van der Waals surface area contributed by atoms with E-state index in [0.29, 0.717) is 25.9 Å². The number of morpholine rings is 1. The lowest BCUT2D eigenvalue weighted by molar-refractivity contribution is -0.0331. The van der Waals surface area contributed by atoms with Crippen LogP contribution in [0, 0.1) is 5.82 Å². The lowest BCUT2D eigenvalue weighted by Gasteiger charge is -2.44. The molecule has 3 aliphatic rings. The van der Waals surface area contributed by atoms with Gasteiger partial charge in [0.15, 0.2) is 6.29 Å². The number of halogens is 1. The summed E-state index contributed by atoms with van der Waals surface area (Å²) in [5.74, 6) is -0.545. The van der Waals surface area contributed by atoms with Crippen molar-refractivity contribution in [3.63, 3.8) is 0 Å². The van der Waals surface area contributed by atoms with Crippen molar-refractivity contribution in [3.8, 4) is 11.1 Å². The number of carbonyl (C=O) groups is 2. The highest BCUT2D eigenvalue weighted by atomic mass is 19.1. The van der Waals surface area contributed by atoms with Crippen molar-refractivity contribution in [2.24, 2.45) is 0 Å². The van der Waals surface area contributed by atoms with Gasteiger partial charge in [-0.05, 0) is 51.9 Å². The second kappa shape index (κ2) is 8.78. The topological polar surface area (TPSA) is 55.8 Å². The minimum Gasteiger partial charge on any atom is -0.448 e. The molecule has 0 radical (unpaired) electrons. The van der Waals surface area contributed by atoms with E-state index in [0.717, 1.165) is 11.1 Å². The molecule has 1 saturated heterocycles. The first-order valence-electron chi connectivity index (χ1n) is 11.8. The number of rotatable bonds is 4. The van der Waals surface area contributed by atoms with Gasteiger partial charge >= 0.3 is 6.09 Å². The van der Waals surface area contributed by atoms with E-state index in [1.54, 1.807) is 11.0 Å². The lowest BCUT2D eigenvalue weighted by Crippen LogP contribution is -2.56. The van der Waals surface area contributed by atoms with Crippen molar-refractivity contribution >= 4 is 18.0 Å². The van der Waals surface area contributed by atoms with Crippen LogP contribution in [0.15, 0.2) is 72.8 Å². The van der Waals surface area contributed by atoms with Crippen LogP contribution in [0.3, 0.4) is 0 Å². The maximum absolute atomic E-state index is 14.2. The molecule has 3 aromatic carbocycles. The third kappa shape index (κ3) is 3.74. The molecule has 5 nitrogen and oxygen atoms in total. The van der Waals surface area contributed by atoms with E-state index >= 15 is 0 Å². The van der Waals surface area contributed by atoms with Crippen LogP contribution < -0.4 is 0 Å². The van der Waals surface area contributed by atoms with E-state index in [1.165, 1.54) is 34.4 Å². The SMILES string of the molecule is O=Cc1ccc(C2=CC3COCC(C2)N3C(=O)OCC2c3ccccc3-c3ccccc32)cc1F. The number of amides is 1. The van der Waals surface area contributed by atoms with Crippen molar-refractivity contribution in [1.82, 2.24) is 4.90 Å². The van der Waals surface area contributed by atoms with Crippen molar-refractivity contribution in [3.05, 3.63) is 101 Å². The van der Waals surface area contributed by atoms with Gasteiger partial charge in [0.2, 0.25) is 0 Å². The molecule has 6 heteroatoms. The Hall–Kier alpha value is -3.77. The van der Waals surface area contributed by atoms with Gasteiger partial charge in [-0.3, -0.25) is 9.69 Å². The molecule has 0 aromatic heterocycles. The Balaban J connectivity index is 1.22. The molecule has 1 amide bonds. The van der Waals surface area contributed by atoms with Crippen molar-refractivity contribution in [2.45, 2.75) is 24.4 Å². The molecule has 0 N–H and O–H groups in total. The third-order valence-corrected chi connectivity index (χ3v) is 7.24. The highest BCUT2D eigenvalue weighted by Gasteiger charge is 2.40. The average molecular weight is 470 g/mol. The predicted octanol–water partition coefficient (Wildman–Crippen LogP) is 5.44. The number of hydrogen-bond donors (Lipinski definition) is 0. The maximum Gasteiger partial charge on any atom is 0.410 e. The second-order valence-electron chi connectivity index (χ2n) is 9.22. The van der Waals surface area contributed by atoms with Crippen LogP contribution in [0.4, 0.5) is 9.18 Å². The monoisotopic (exact) mass is 469 g/mol. The van der Waals surface area contributed by atoms with Gasteiger partial charge in [0.05, 0.1) is 30.9 Å². The highest BCUT2D eigenvalue weighted by Crippen LogP contribution is 2.44. The van der Waals surface area contributed by atoms with E-state index < -0.39 is 5.82 Å². The normalized spacial score (nSPS) is 20.6. The summed E-state index contributed by atoms with van der Waals surface area (Å²) in [5, 5.41) is 0. The Kier molecular flexibility index (Phi) is 5.46. The average Bonchev–Trinajstić information content (AvgIpc) is 3.20. The number of fused-ring (bicyclic) bond motifs is 5. The summed E-state index contributed by atoms with van der Waals surface area (Å²) in [5.41, 5.74) is 6.42. The Morgan fingerprint density at radius 2 is 1.74 bits per heavy atom. The largest absolute Gasteiger partial charge is 0.448 e. The smallest absolute Gasteiger partial charge is 0.410 e. The molecule has 1 aliphatic carbocycles. The molecule has 2 unspecified atom stereocenters. The summed E-state index contributed by atoms with van der Waals surface area (Å²) in [7, 11) is 0. The zero-order chi connectivity index (χ0) is 23.9. The molecule has 0 saturated carbocycles. The van der Waals surface area contributed by atoms with E-state index in [2.05, 4.69) is 24.3 Å². The van der Waals surface area contributed by atoms with Gasteiger partial charge in [0.25, 0.3) is 0 Å². The second-order valence-corrected chi connectivity index (χ2v) is 9.22. The molecule has 2 bridgehead atoms.